The van der Waals surface area contributed by atoms with E-state index in [1.807, 2.05) is 0 Å². The van der Waals surface area contributed by atoms with Crippen molar-refractivity contribution in [1.29, 1.82) is 0 Å². The highest BCUT2D eigenvalue weighted by atomic mass is 79.9. The minimum absolute atomic E-state index is 0.827. The number of likely N-dealkylation sites (tertiary alicyclic amines) is 1. The predicted molar refractivity (Wildman–Crippen MR) is 64.1 cm³/mol. The van der Waals surface area contributed by atoms with Crippen LogP contribution in [0, 0.1) is 0 Å². The Bertz CT molecular complexity index is 143. The van der Waals surface area contributed by atoms with Gasteiger partial charge in [0.1, 0.15) is 0 Å². The third-order valence-corrected chi connectivity index (χ3v) is 3.46. The van der Waals surface area contributed by atoms with E-state index in [0.29, 0.717) is 0 Å². The Hall–Kier alpha value is 0.400. The lowest BCUT2D eigenvalue weighted by Gasteiger charge is -2.23. The molecule has 1 saturated heterocycles. The first kappa shape index (κ1) is 12.5. The van der Waals surface area contributed by atoms with Gasteiger partial charge in [-0.2, -0.15) is 0 Å². The summed E-state index contributed by atoms with van der Waals surface area (Å²) in [4.78, 5) is 2.60. The van der Waals surface area contributed by atoms with Gasteiger partial charge in [0.2, 0.25) is 0 Å². The average Bonchev–Trinajstić information content (AvgIpc) is 2.63. The van der Waals surface area contributed by atoms with Crippen molar-refractivity contribution < 1.29 is 4.74 Å². The van der Waals surface area contributed by atoms with E-state index < -0.39 is 0 Å². The number of nitrogens with zero attached hydrogens (tertiary/aromatic N) is 1. The standard InChI is InChI=1S/C11H22BrNO/c1-2-14-10-9-13-8-4-6-11(13)5-3-7-12/h11H,2-10H2,1H3. The van der Waals surface area contributed by atoms with E-state index in [4.69, 9.17) is 4.74 Å². The Labute approximate surface area is 96.1 Å². The lowest BCUT2D eigenvalue weighted by Crippen LogP contribution is -2.32. The zero-order valence-corrected chi connectivity index (χ0v) is 10.8. The van der Waals surface area contributed by atoms with Gasteiger partial charge in [0, 0.05) is 24.5 Å². The smallest absolute Gasteiger partial charge is 0.0593 e. The summed E-state index contributed by atoms with van der Waals surface area (Å²) in [5.41, 5.74) is 0. The summed E-state index contributed by atoms with van der Waals surface area (Å²) in [5.74, 6) is 0. The van der Waals surface area contributed by atoms with Crippen LogP contribution in [0.2, 0.25) is 0 Å². The number of ether oxygens (including phenoxy) is 1. The van der Waals surface area contributed by atoms with E-state index in [1.165, 1.54) is 32.2 Å². The summed E-state index contributed by atoms with van der Waals surface area (Å²) in [6.45, 7) is 6.22. The van der Waals surface area contributed by atoms with Crippen LogP contribution in [-0.2, 0) is 4.74 Å². The number of hydrogen-bond acceptors (Lipinski definition) is 2. The van der Waals surface area contributed by atoms with Crippen LogP contribution in [-0.4, -0.2) is 42.6 Å². The molecule has 84 valence electrons. The molecule has 0 bridgehead atoms. The van der Waals surface area contributed by atoms with Gasteiger partial charge < -0.3 is 4.74 Å². The molecule has 1 heterocycles. The minimum Gasteiger partial charge on any atom is -0.380 e. The Morgan fingerprint density at radius 2 is 2.36 bits per heavy atom. The maximum absolute atomic E-state index is 5.40. The van der Waals surface area contributed by atoms with Crippen LogP contribution in [0.1, 0.15) is 32.6 Å². The molecule has 0 aliphatic carbocycles. The van der Waals surface area contributed by atoms with Gasteiger partial charge in [-0.25, -0.2) is 0 Å². The van der Waals surface area contributed by atoms with E-state index in [9.17, 15) is 0 Å². The Morgan fingerprint density at radius 3 is 3.07 bits per heavy atom. The van der Waals surface area contributed by atoms with Gasteiger partial charge in [0.05, 0.1) is 6.61 Å². The van der Waals surface area contributed by atoms with Gasteiger partial charge in [-0.05, 0) is 39.2 Å². The van der Waals surface area contributed by atoms with Crippen molar-refractivity contribution >= 4 is 15.9 Å². The van der Waals surface area contributed by atoms with Gasteiger partial charge >= 0.3 is 0 Å². The normalized spacial score (nSPS) is 23.1. The second-order valence-corrected chi connectivity index (χ2v) is 4.65. The fourth-order valence-corrected chi connectivity index (χ4v) is 2.48. The van der Waals surface area contributed by atoms with Crippen LogP contribution in [0.25, 0.3) is 0 Å². The molecule has 1 atom stereocenters. The van der Waals surface area contributed by atoms with Crippen LogP contribution in [0.3, 0.4) is 0 Å². The molecule has 14 heavy (non-hydrogen) atoms. The summed E-state index contributed by atoms with van der Waals surface area (Å²) in [6.07, 6.45) is 5.41. The summed E-state index contributed by atoms with van der Waals surface area (Å²) >= 11 is 3.50. The largest absolute Gasteiger partial charge is 0.380 e. The molecule has 1 rings (SSSR count). The molecule has 0 aromatic rings. The highest BCUT2D eigenvalue weighted by Crippen LogP contribution is 2.21. The SMILES string of the molecule is CCOCCN1CCCC1CCCBr. The highest BCUT2D eigenvalue weighted by molar-refractivity contribution is 9.09. The van der Waals surface area contributed by atoms with Crippen molar-refractivity contribution in [2.75, 3.05) is 31.6 Å². The molecule has 0 aromatic heterocycles. The molecule has 0 saturated carbocycles. The van der Waals surface area contributed by atoms with E-state index in [2.05, 4.69) is 27.8 Å². The van der Waals surface area contributed by atoms with Crippen LogP contribution in [0.15, 0.2) is 0 Å². The van der Waals surface area contributed by atoms with Gasteiger partial charge in [0.25, 0.3) is 0 Å². The van der Waals surface area contributed by atoms with Crippen molar-refractivity contribution in [3.05, 3.63) is 0 Å². The van der Waals surface area contributed by atoms with Crippen LogP contribution >= 0.6 is 15.9 Å². The average molecular weight is 264 g/mol. The Kier molecular flexibility index (Phi) is 6.82. The minimum atomic E-state index is 0.827. The molecule has 1 aliphatic rings. The molecule has 0 aromatic carbocycles. The predicted octanol–water partition coefficient (Wildman–Crippen LogP) is 2.66. The third kappa shape index (κ3) is 4.28. The summed E-state index contributed by atoms with van der Waals surface area (Å²) in [6, 6.07) is 0.827. The number of rotatable bonds is 7. The van der Waals surface area contributed by atoms with Crippen molar-refractivity contribution in [1.82, 2.24) is 4.90 Å². The fraction of sp³-hybridized carbons (Fsp3) is 1.00. The lowest BCUT2D eigenvalue weighted by atomic mass is 10.1. The summed E-state index contributed by atoms with van der Waals surface area (Å²) in [5, 5.41) is 1.14. The van der Waals surface area contributed by atoms with E-state index >= 15 is 0 Å². The first-order valence-electron chi connectivity index (χ1n) is 5.76. The number of alkyl halides is 1. The lowest BCUT2D eigenvalue weighted by molar-refractivity contribution is 0.107. The van der Waals surface area contributed by atoms with Gasteiger partial charge in [-0.3, -0.25) is 4.90 Å². The molecule has 0 radical (unpaired) electrons. The number of hydrogen-bond donors (Lipinski definition) is 0. The quantitative estimate of drug-likeness (QED) is 0.518. The molecule has 1 aliphatic heterocycles. The second kappa shape index (κ2) is 7.66. The molecule has 0 spiro atoms. The zero-order chi connectivity index (χ0) is 10.2. The molecule has 2 nitrogen and oxygen atoms in total. The van der Waals surface area contributed by atoms with Crippen molar-refractivity contribution in [2.24, 2.45) is 0 Å². The van der Waals surface area contributed by atoms with Crippen LogP contribution in [0.4, 0.5) is 0 Å². The Morgan fingerprint density at radius 1 is 1.50 bits per heavy atom. The first-order chi connectivity index (χ1) is 6.88. The third-order valence-electron chi connectivity index (χ3n) is 2.90. The van der Waals surface area contributed by atoms with Gasteiger partial charge in [0.15, 0.2) is 0 Å². The maximum atomic E-state index is 5.40. The Balaban J connectivity index is 2.14. The highest BCUT2D eigenvalue weighted by Gasteiger charge is 2.22. The molecule has 3 heteroatoms. The van der Waals surface area contributed by atoms with Crippen LogP contribution in [0.5, 0.6) is 0 Å². The van der Waals surface area contributed by atoms with Crippen molar-refractivity contribution in [2.45, 2.75) is 38.6 Å². The molecule has 1 fully saturated rings. The van der Waals surface area contributed by atoms with Gasteiger partial charge in [-0.15, -0.1) is 0 Å². The molecular formula is C11H22BrNO. The maximum Gasteiger partial charge on any atom is 0.0593 e. The van der Waals surface area contributed by atoms with Gasteiger partial charge in [-0.1, -0.05) is 15.9 Å². The van der Waals surface area contributed by atoms with E-state index in [0.717, 1.165) is 31.1 Å². The summed E-state index contributed by atoms with van der Waals surface area (Å²) < 4.78 is 5.40. The fourth-order valence-electron chi connectivity index (χ4n) is 2.16. The molecule has 0 amide bonds. The second-order valence-electron chi connectivity index (χ2n) is 3.86. The topological polar surface area (TPSA) is 12.5 Å². The number of halogens is 1. The van der Waals surface area contributed by atoms with Crippen molar-refractivity contribution in [3.8, 4) is 0 Å². The van der Waals surface area contributed by atoms with E-state index in [1.54, 1.807) is 0 Å². The van der Waals surface area contributed by atoms with E-state index in [-0.39, 0.29) is 0 Å². The first-order valence-corrected chi connectivity index (χ1v) is 6.88. The molecule has 1 unspecified atom stereocenters. The molecule has 0 N–H and O–H groups in total. The summed E-state index contributed by atoms with van der Waals surface area (Å²) in [7, 11) is 0. The zero-order valence-electron chi connectivity index (χ0n) is 9.17. The van der Waals surface area contributed by atoms with Crippen LogP contribution < -0.4 is 0 Å². The molecular weight excluding hydrogens is 242 g/mol. The monoisotopic (exact) mass is 263 g/mol. The van der Waals surface area contributed by atoms with Crippen molar-refractivity contribution in [3.63, 3.8) is 0 Å².